The second kappa shape index (κ2) is 5.44. The number of rotatable bonds is 3. The number of hydrogen-bond donors (Lipinski definition) is 2. The highest BCUT2D eigenvalue weighted by Gasteiger charge is 2.26. The molecule has 1 aliphatic heterocycles. The van der Waals surface area contributed by atoms with Crippen LogP contribution >= 0.6 is 0 Å². The zero-order chi connectivity index (χ0) is 14.0. The van der Waals surface area contributed by atoms with Crippen molar-refractivity contribution >= 4 is 17.1 Å². The molecule has 1 fully saturated rings. The van der Waals surface area contributed by atoms with Crippen molar-refractivity contribution in [1.29, 1.82) is 0 Å². The molecule has 2 unspecified atom stereocenters. The molecule has 0 aliphatic carbocycles. The summed E-state index contributed by atoms with van der Waals surface area (Å²) in [5, 5.41) is 11.0. The zero-order valence-corrected chi connectivity index (χ0v) is 11.3. The van der Waals surface area contributed by atoms with E-state index in [1.165, 1.54) is 12.5 Å². The second-order valence-electron chi connectivity index (χ2n) is 5.19. The van der Waals surface area contributed by atoms with Crippen molar-refractivity contribution in [3.05, 3.63) is 28.3 Å². The number of benzene rings is 1. The molecule has 0 saturated carbocycles. The number of hydrazine groups is 1. The number of nitrogens with two attached hydrogens (primary N) is 1. The Morgan fingerprint density at radius 1 is 1.42 bits per heavy atom. The molecule has 1 saturated heterocycles. The van der Waals surface area contributed by atoms with E-state index in [4.69, 9.17) is 5.84 Å². The molecular formula is C13H20N4O2. The summed E-state index contributed by atoms with van der Waals surface area (Å²) < 4.78 is 0. The molecule has 2 rings (SSSR count). The Morgan fingerprint density at radius 2 is 2.16 bits per heavy atom. The van der Waals surface area contributed by atoms with Crippen LogP contribution in [0.4, 0.5) is 17.1 Å². The first kappa shape index (κ1) is 13.6. The molecule has 0 amide bonds. The molecule has 2 atom stereocenters. The maximum absolute atomic E-state index is 11.0. The number of nitro groups is 1. The van der Waals surface area contributed by atoms with Crippen LogP contribution in [-0.2, 0) is 0 Å². The highest BCUT2D eigenvalue weighted by molar-refractivity contribution is 5.64. The maximum atomic E-state index is 11.0. The first-order chi connectivity index (χ1) is 9.02. The fourth-order valence-electron chi connectivity index (χ4n) is 2.65. The number of nitrogens with zero attached hydrogens (tertiary/aromatic N) is 2. The van der Waals surface area contributed by atoms with Gasteiger partial charge in [0.15, 0.2) is 0 Å². The van der Waals surface area contributed by atoms with Crippen LogP contribution in [0.2, 0.25) is 0 Å². The summed E-state index contributed by atoms with van der Waals surface area (Å²) >= 11 is 0. The third kappa shape index (κ3) is 2.78. The Hall–Kier alpha value is -1.82. The molecule has 1 heterocycles. The average molecular weight is 264 g/mol. The van der Waals surface area contributed by atoms with Crippen LogP contribution in [0.25, 0.3) is 0 Å². The monoisotopic (exact) mass is 264 g/mol. The van der Waals surface area contributed by atoms with Crippen molar-refractivity contribution in [2.24, 2.45) is 11.8 Å². The minimum absolute atomic E-state index is 0.0656. The number of non-ortho nitro benzene ring substituents is 1. The van der Waals surface area contributed by atoms with Crippen molar-refractivity contribution < 1.29 is 4.92 Å². The zero-order valence-electron chi connectivity index (χ0n) is 11.3. The summed E-state index contributed by atoms with van der Waals surface area (Å²) in [6.45, 7) is 5.31. The van der Waals surface area contributed by atoms with E-state index in [1.807, 2.05) is 6.07 Å². The molecule has 6 nitrogen and oxygen atoms in total. The van der Waals surface area contributed by atoms with E-state index in [0.717, 1.165) is 18.7 Å². The maximum Gasteiger partial charge on any atom is 0.273 e. The molecule has 0 aromatic heterocycles. The number of piperidine rings is 1. The van der Waals surface area contributed by atoms with Crippen molar-refractivity contribution in [2.75, 3.05) is 16.9 Å². The summed E-state index contributed by atoms with van der Waals surface area (Å²) in [5.74, 6) is 5.97. The number of nitro benzene ring substituents is 1. The van der Waals surface area contributed by atoms with E-state index in [0.29, 0.717) is 17.6 Å². The van der Waals surface area contributed by atoms with Gasteiger partial charge in [0.1, 0.15) is 0 Å². The van der Waals surface area contributed by atoms with Crippen LogP contribution in [0, 0.1) is 16.0 Å². The Bertz CT molecular complexity index is 478. The molecule has 0 radical (unpaired) electrons. The quantitative estimate of drug-likeness (QED) is 0.498. The van der Waals surface area contributed by atoms with Gasteiger partial charge >= 0.3 is 0 Å². The Morgan fingerprint density at radius 3 is 2.79 bits per heavy atom. The minimum atomic E-state index is -0.387. The van der Waals surface area contributed by atoms with Gasteiger partial charge in [-0.15, -0.1) is 0 Å². The number of anilines is 2. The summed E-state index contributed by atoms with van der Waals surface area (Å²) in [5.41, 5.74) is 3.99. The van der Waals surface area contributed by atoms with Gasteiger partial charge in [0, 0.05) is 30.4 Å². The van der Waals surface area contributed by atoms with Gasteiger partial charge in [-0.2, -0.15) is 0 Å². The van der Waals surface area contributed by atoms with E-state index >= 15 is 0 Å². The third-order valence-electron chi connectivity index (χ3n) is 3.99. The summed E-state index contributed by atoms with van der Waals surface area (Å²) in [4.78, 5) is 12.8. The van der Waals surface area contributed by atoms with Crippen LogP contribution in [-0.4, -0.2) is 17.5 Å². The van der Waals surface area contributed by atoms with Crippen LogP contribution in [0.5, 0.6) is 0 Å². The number of hydrogen-bond acceptors (Lipinski definition) is 5. The molecule has 19 heavy (non-hydrogen) atoms. The van der Waals surface area contributed by atoms with Crippen LogP contribution in [0.15, 0.2) is 18.2 Å². The van der Waals surface area contributed by atoms with Crippen molar-refractivity contribution in [3.8, 4) is 0 Å². The van der Waals surface area contributed by atoms with Gasteiger partial charge in [-0.25, -0.2) is 0 Å². The molecule has 1 aliphatic rings. The van der Waals surface area contributed by atoms with Gasteiger partial charge in [-0.1, -0.05) is 6.92 Å². The molecule has 0 spiro atoms. The van der Waals surface area contributed by atoms with Gasteiger partial charge in [-0.05, 0) is 31.7 Å². The summed E-state index contributed by atoms with van der Waals surface area (Å²) in [7, 11) is 0. The van der Waals surface area contributed by atoms with Gasteiger partial charge in [-0.3, -0.25) is 16.0 Å². The Balaban J connectivity index is 2.37. The van der Waals surface area contributed by atoms with Gasteiger partial charge in [0.05, 0.1) is 10.6 Å². The van der Waals surface area contributed by atoms with Crippen molar-refractivity contribution in [2.45, 2.75) is 32.7 Å². The molecule has 3 N–H and O–H groups in total. The lowest BCUT2D eigenvalue weighted by atomic mass is 9.91. The summed E-state index contributed by atoms with van der Waals surface area (Å²) in [6, 6.07) is 5.31. The number of nitrogens with one attached hydrogen (secondary N) is 1. The highest BCUT2D eigenvalue weighted by atomic mass is 16.6. The van der Waals surface area contributed by atoms with Crippen LogP contribution in [0.1, 0.15) is 26.7 Å². The first-order valence-electron chi connectivity index (χ1n) is 6.55. The first-order valence-corrected chi connectivity index (χ1v) is 6.55. The molecule has 6 heteroatoms. The normalized spacial score (nSPS) is 23.2. The van der Waals surface area contributed by atoms with Crippen molar-refractivity contribution in [1.82, 2.24) is 0 Å². The van der Waals surface area contributed by atoms with E-state index in [-0.39, 0.29) is 10.6 Å². The molecule has 1 aromatic rings. The fourth-order valence-corrected chi connectivity index (χ4v) is 2.65. The average Bonchev–Trinajstić information content (AvgIpc) is 2.41. The second-order valence-corrected chi connectivity index (χ2v) is 5.19. The molecule has 104 valence electrons. The minimum Gasteiger partial charge on any atom is -0.368 e. The van der Waals surface area contributed by atoms with E-state index in [2.05, 4.69) is 24.2 Å². The Labute approximate surface area is 112 Å². The smallest absolute Gasteiger partial charge is 0.273 e. The molecule has 1 aromatic carbocycles. The van der Waals surface area contributed by atoms with Gasteiger partial charge in [0.2, 0.25) is 0 Å². The molecule has 0 bridgehead atoms. The lowest BCUT2D eigenvalue weighted by Crippen LogP contribution is -2.42. The predicted molar refractivity (Wildman–Crippen MR) is 76.1 cm³/mol. The highest BCUT2D eigenvalue weighted by Crippen LogP contribution is 2.32. The SMILES string of the molecule is CC1CCCN(c2cc(NN)cc([N+](=O)[O-])c2)C1C. The summed E-state index contributed by atoms with van der Waals surface area (Å²) in [6.07, 6.45) is 2.31. The van der Waals surface area contributed by atoms with Crippen LogP contribution in [0.3, 0.4) is 0 Å². The topological polar surface area (TPSA) is 84.4 Å². The Kier molecular flexibility index (Phi) is 3.90. The van der Waals surface area contributed by atoms with E-state index < -0.39 is 0 Å². The third-order valence-corrected chi connectivity index (χ3v) is 3.99. The lowest BCUT2D eigenvalue weighted by molar-refractivity contribution is -0.384. The number of nitrogen functional groups attached to an aromatic ring is 1. The fraction of sp³-hybridized carbons (Fsp3) is 0.538. The molecular weight excluding hydrogens is 244 g/mol. The predicted octanol–water partition coefficient (Wildman–Crippen LogP) is 2.51. The lowest BCUT2D eigenvalue weighted by Gasteiger charge is -2.39. The van der Waals surface area contributed by atoms with Gasteiger partial charge < -0.3 is 10.3 Å². The van der Waals surface area contributed by atoms with E-state index in [9.17, 15) is 10.1 Å². The largest absolute Gasteiger partial charge is 0.368 e. The van der Waals surface area contributed by atoms with Crippen LogP contribution < -0.4 is 16.2 Å². The van der Waals surface area contributed by atoms with Gasteiger partial charge in [0.25, 0.3) is 5.69 Å². The van der Waals surface area contributed by atoms with Crippen molar-refractivity contribution in [3.63, 3.8) is 0 Å². The standard InChI is InChI=1S/C13H20N4O2/c1-9-4-3-5-16(10(9)2)12-6-11(15-14)7-13(8-12)17(18)19/h6-10,15H,3-5,14H2,1-2H3. The van der Waals surface area contributed by atoms with E-state index in [1.54, 1.807) is 6.07 Å².